The highest BCUT2D eigenvalue weighted by molar-refractivity contribution is 5.85. The van der Waals surface area contributed by atoms with Crippen molar-refractivity contribution in [3.8, 4) is 0 Å². The Morgan fingerprint density at radius 1 is 1.29 bits per heavy atom. The molecule has 3 rings (SSSR count). The maximum absolute atomic E-state index is 13.2. The number of hydrogen-bond acceptors (Lipinski definition) is 3. The van der Waals surface area contributed by atoms with Crippen molar-refractivity contribution in [2.75, 3.05) is 19.7 Å². The summed E-state index contributed by atoms with van der Waals surface area (Å²) in [4.78, 5) is 15.2. The molecule has 4 nitrogen and oxygen atoms in total. The molecule has 1 amide bonds. The molecule has 1 heterocycles. The van der Waals surface area contributed by atoms with Gasteiger partial charge in [0.2, 0.25) is 5.91 Å². The lowest BCUT2D eigenvalue weighted by Crippen LogP contribution is -2.58. The minimum Gasteiger partial charge on any atom is -0.369 e. The van der Waals surface area contributed by atoms with Gasteiger partial charge in [0.15, 0.2) is 0 Å². The number of ether oxygens (including phenoxy) is 1. The smallest absolute Gasteiger partial charge is 0.226 e. The first-order chi connectivity index (χ1) is 11.0. The van der Waals surface area contributed by atoms with Gasteiger partial charge in [-0.2, -0.15) is 0 Å². The van der Waals surface area contributed by atoms with Gasteiger partial charge in [0.05, 0.1) is 18.7 Å². The molecule has 3 atom stereocenters. The van der Waals surface area contributed by atoms with Gasteiger partial charge >= 0.3 is 0 Å². The first-order valence-corrected chi connectivity index (χ1v) is 8.71. The van der Waals surface area contributed by atoms with Crippen molar-refractivity contribution in [2.45, 2.75) is 44.8 Å². The van der Waals surface area contributed by atoms with Crippen LogP contribution in [-0.4, -0.2) is 36.0 Å². The highest BCUT2D eigenvalue weighted by Crippen LogP contribution is 2.37. The fourth-order valence-electron chi connectivity index (χ4n) is 3.95. The molecule has 1 unspecified atom stereocenters. The van der Waals surface area contributed by atoms with Crippen LogP contribution < -0.4 is 5.73 Å². The van der Waals surface area contributed by atoms with Gasteiger partial charge in [-0.1, -0.05) is 36.8 Å². The summed E-state index contributed by atoms with van der Waals surface area (Å²) in [6, 6.07) is 10.2. The molecule has 1 saturated heterocycles. The molecule has 0 aromatic heterocycles. The minimum atomic E-state index is -0.260. The molecule has 1 saturated carbocycles. The van der Waals surface area contributed by atoms with E-state index in [1.54, 1.807) is 0 Å². The average Bonchev–Trinajstić information content (AvgIpc) is 3.03. The van der Waals surface area contributed by atoms with E-state index in [0.29, 0.717) is 25.6 Å². The van der Waals surface area contributed by atoms with Crippen LogP contribution in [0.4, 0.5) is 0 Å². The molecular weight excluding hydrogens is 324 g/mol. The second-order valence-corrected chi connectivity index (χ2v) is 7.50. The zero-order valence-electron chi connectivity index (χ0n) is 14.6. The number of carbonyl (C=O) groups is 1. The Bertz CT molecular complexity index is 550. The van der Waals surface area contributed by atoms with Crippen LogP contribution in [0.25, 0.3) is 0 Å². The fourth-order valence-corrected chi connectivity index (χ4v) is 3.95. The van der Waals surface area contributed by atoms with Crippen molar-refractivity contribution in [3.63, 3.8) is 0 Å². The lowest BCUT2D eigenvalue weighted by molar-refractivity contribution is -0.160. The Labute approximate surface area is 151 Å². The summed E-state index contributed by atoms with van der Waals surface area (Å²) >= 11 is 0. The van der Waals surface area contributed by atoms with Crippen LogP contribution in [0.3, 0.4) is 0 Å². The summed E-state index contributed by atoms with van der Waals surface area (Å²) in [5, 5.41) is 0. The molecular formula is C19H29ClN2O2. The van der Waals surface area contributed by atoms with Crippen molar-refractivity contribution < 1.29 is 9.53 Å². The average molecular weight is 353 g/mol. The van der Waals surface area contributed by atoms with E-state index in [2.05, 4.69) is 26.0 Å². The van der Waals surface area contributed by atoms with E-state index in [-0.39, 0.29) is 35.9 Å². The number of morpholine rings is 1. The van der Waals surface area contributed by atoms with Gasteiger partial charge in [0.1, 0.15) is 6.10 Å². The number of amides is 1. The molecule has 1 aromatic rings. The van der Waals surface area contributed by atoms with Crippen molar-refractivity contribution in [1.82, 2.24) is 4.90 Å². The van der Waals surface area contributed by atoms with Crippen LogP contribution in [-0.2, 0) is 9.53 Å². The molecule has 0 spiro atoms. The molecule has 134 valence electrons. The number of carbonyl (C=O) groups excluding carboxylic acids is 1. The molecule has 2 N–H and O–H groups in total. The molecule has 2 aliphatic rings. The van der Waals surface area contributed by atoms with Crippen LogP contribution >= 0.6 is 12.4 Å². The first kappa shape index (κ1) is 19.2. The van der Waals surface area contributed by atoms with Crippen molar-refractivity contribution in [3.05, 3.63) is 35.9 Å². The lowest BCUT2D eigenvalue weighted by Gasteiger charge is -2.47. The normalized spacial score (nSPS) is 29.1. The highest BCUT2D eigenvalue weighted by Gasteiger charge is 2.43. The molecule has 0 radical (unpaired) electrons. The number of rotatable bonds is 3. The van der Waals surface area contributed by atoms with Crippen molar-refractivity contribution in [2.24, 2.45) is 17.6 Å². The fraction of sp³-hybridized carbons (Fsp3) is 0.632. The maximum Gasteiger partial charge on any atom is 0.226 e. The van der Waals surface area contributed by atoms with E-state index in [1.807, 2.05) is 23.1 Å². The number of nitrogens with two attached hydrogens (primary N) is 1. The van der Waals surface area contributed by atoms with E-state index in [9.17, 15) is 4.79 Å². The van der Waals surface area contributed by atoms with Gasteiger partial charge in [-0.15, -0.1) is 12.4 Å². The number of halogens is 1. The molecule has 0 bridgehead atoms. The largest absolute Gasteiger partial charge is 0.369 e. The second kappa shape index (κ2) is 7.85. The summed E-state index contributed by atoms with van der Waals surface area (Å²) in [6.07, 6.45) is 3.14. The summed E-state index contributed by atoms with van der Waals surface area (Å²) in [5.41, 5.74) is 6.76. The zero-order chi connectivity index (χ0) is 16.4. The number of hydrogen-bond donors (Lipinski definition) is 1. The van der Waals surface area contributed by atoms with Crippen LogP contribution in [0, 0.1) is 11.8 Å². The minimum absolute atomic E-state index is 0. The standard InChI is InChI=1S/C19H28N2O2.ClH/c1-19(2)13-23-17(14-7-4-3-5-8-14)12-21(19)18(22)16-10-6-9-15(16)11-20;/h3-5,7-8,15-17H,6,9-13,20H2,1-2H3;1H/t15-,16-,17?;/m1./s1. The van der Waals surface area contributed by atoms with Crippen molar-refractivity contribution in [1.29, 1.82) is 0 Å². The third-order valence-electron chi connectivity index (χ3n) is 5.43. The third-order valence-corrected chi connectivity index (χ3v) is 5.43. The molecule has 1 aromatic carbocycles. The summed E-state index contributed by atoms with van der Waals surface area (Å²) in [7, 11) is 0. The van der Waals surface area contributed by atoms with Crippen LogP contribution in [0.2, 0.25) is 0 Å². The number of benzene rings is 1. The topological polar surface area (TPSA) is 55.6 Å². The van der Waals surface area contributed by atoms with Gasteiger partial charge in [-0.3, -0.25) is 4.79 Å². The second-order valence-electron chi connectivity index (χ2n) is 7.50. The Balaban J connectivity index is 0.00000208. The van der Waals surface area contributed by atoms with Gasteiger partial charge in [0.25, 0.3) is 0 Å². The molecule has 24 heavy (non-hydrogen) atoms. The monoisotopic (exact) mass is 352 g/mol. The quantitative estimate of drug-likeness (QED) is 0.909. The van der Waals surface area contributed by atoms with Gasteiger partial charge < -0.3 is 15.4 Å². The SMILES string of the molecule is CC1(C)COC(c2ccccc2)CN1C(=O)[C@@H]1CCC[C@@H]1CN.Cl. The zero-order valence-corrected chi connectivity index (χ0v) is 15.4. The molecule has 1 aliphatic carbocycles. The third kappa shape index (κ3) is 3.76. The molecule has 1 aliphatic heterocycles. The predicted octanol–water partition coefficient (Wildman–Crippen LogP) is 3.16. The Hall–Kier alpha value is -1.10. The Morgan fingerprint density at radius 3 is 2.67 bits per heavy atom. The van der Waals surface area contributed by atoms with E-state index in [4.69, 9.17) is 10.5 Å². The van der Waals surface area contributed by atoms with Gasteiger partial charge in [-0.05, 0) is 44.7 Å². The predicted molar refractivity (Wildman–Crippen MR) is 98.1 cm³/mol. The first-order valence-electron chi connectivity index (χ1n) is 8.71. The Kier molecular flexibility index (Phi) is 6.29. The lowest BCUT2D eigenvalue weighted by atomic mass is 9.90. The van der Waals surface area contributed by atoms with Crippen LogP contribution in [0.5, 0.6) is 0 Å². The van der Waals surface area contributed by atoms with E-state index < -0.39 is 0 Å². The number of nitrogens with zero attached hydrogens (tertiary/aromatic N) is 1. The van der Waals surface area contributed by atoms with Crippen LogP contribution in [0.15, 0.2) is 30.3 Å². The van der Waals surface area contributed by atoms with Gasteiger partial charge in [-0.25, -0.2) is 0 Å². The summed E-state index contributed by atoms with van der Waals surface area (Å²) < 4.78 is 6.06. The van der Waals surface area contributed by atoms with Crippen molar-refractivity contribution >= 4 is 18.3 Å². The summed E-state index contributed by atoms with van der Waals surface area (Å²) in [5.74, 6) is 0.706. The molecule has 2 fully saturated rings. The Morgan fingerprint density at radius 2 is 2.00 bits per heavy atom. The van der Waals surface area contributed by atoms with Crippen LogP contribution in [0.1, 0.15) is 44.8 Å². The highest BCUT2D eigenvalue weighted by atomic mass is 35.5. The van der Waals surface area contributed by atoms with E-state index in [1.165, 1.54) is 0 Å². The maximum atomic E-state index is 13.2. The van der Waals surface area contributed by atoms with E-state index in [0.717, 1.165) is 24.8 Å². The summed E-state index contributed by atoms with van der Waals surface area (Å²) in [6.45, 7) is 6.00. The van der Waals surface area contributed by atoms with E-state index >= 15 is 0 Å². The van der Waals surface area contributed by atoms with Gasteiger partial charge in [0, 0.05) is 5.92 Å². The molecule has 5 heteroatoms.